The Morgan fingerprint density at radius 1 is 1.44 bits per heavy atom. The third-order valence-electron chi connectivity index (χ3n) is 2.92. The topological polar surface area (TPSA) is 73.6 Å². The van der Waals surface area contributed by atoms with Crippen LogP contribution >= 0.6 is 0 Å². The molecule has 5 heteroatoms. The first-order valence-electron chi connectivity index (χ1n) is 6.06. The van der Waals surface area contributed by atoms with E-state index in [0.717, 1.165) is 12.0 Å². The van der Waals surface area contributed by atoms with Gasteiger partial charge in [0, 0.05) is 12.6 Å². The Hall–Kier alpha value is -1.59. The first kappa shape index (κ1) is 12.9. The van der Waals surface area contributed by atoms with Crippen LogP contribution < -0.4 is 11.1 Å². The van der Waals surface area contributed by atoms with Gasteiger partial charge in [-0.2, -0.15) is 0 Å². The molecule has 0 spiro atoms. The van der Waals surface area contributed by atoms with Crippen LogP contribution in [0.25, 0.3) is 0 Å². The van der Waals surface area contributed by atoms with Crippen LogP contribution in [0.15, 0.2) is 30.3 Å². The van der Waals surface area contributed by atoms with Gasteiger partial charge in [-0.25, -0.2) is 4.79 Å². The number of hydrogen-bond donors (Lipinski definition) is 2. The summed E-state index contributed by atoms with van der Waals surface area (Å²) in [6.07, 6.45) is 0.294. The fraction of sp³-hybridized carbons (Fsp3) is 0.462. The van der Waals surface area contributed by atoms with Crippen molar-refractivity contribution in [1.82, 2.24) is 5.32 Å². The van der Waals surface area contributed by atoms with Crippen molar-refractivity contribution in [3.05, 3.63) is 35.9 Å². The Labute approximate surface area is 106 Å². The summed E-state index contributed by atoms with van der Waals surface area (Å²) in [4.78, 5) is 11.6. The molecular weight excluding hydrogens is 232 g/mol. The van der Waals surface area contributed by atoms with Gasteiger partial charge in [-0.15, -0.1) is 0 Å². The van der Waals surface area contributed by atoms with Gasteiger partial charge in [0.25, 0.3) is 0 Å². The number of nitrogens with two attached hydrogens (primary N) is 1. The number of benzene rings is 1. The highest BCUT2D eigenvalue weighted by molar-refractivity contribution is 5.67. The minimum absolute atomic E-state index is 0.0676. The number of carbonyl (C=O) groups excluding carboxylic acids is 1. The molecule has 3 N–H and O–H groups in total. The molecule has 1 fully saturated rings. The molecule has 5 nitrogen and oxygen atoms in total. The summed E-state index contributed by atoms with van der Waals surface area (Å²) in [5, 5.41) is 2.77. The Bertz CT molecular complexity index is 383. The maximum absolute atomic E-state index is 11.6. The molecule has 1 saturated heterocycles. The summed E-state index contributed by atoms with van der Waals surface area (Å²) in [5.41, 5.74) is 6.80. The van der Waals surface area contributed by atoms with E-state index in [1.807, 2.05) is 30.3 Å². The first-order chi connectivity index (χ1) is 8.75. The van der Waals surface area contributed by atoms with Gasteiger partial charge in [0.2, 0.25) is 0 Å². The van der Waals surface area contributed by atoms with E-state index < -0.39 is 6.09 Å². The van der Waals surface area contributed by atoms with E-state index in [2.05, 4.69) is 5.32 Å². The van der Waals surface area contributed by atoms with Crippen molar-refractivity contribution < 1.29 is 14.3 Å². The molecule has 1 aliphatic heterocycles. The van der Waals surface area contributed by atoms with E-state index in [1.54, 1.807) is 0 Å². The Balaban J connectivity index is 1.75. The molecule has 18 heavy (non-hydrogen) atoms. The monoisotopic (exact) mass is 250 g/mol. The maximum Gasteiger partial charge on any atom is 0.407 e. The Kier molecular flexibility index (Phi) is 4.55. The largest absolute Gasteiger partial charge is 0.445 e. The van der Waals surface area contributed by atoms with Gasteiger partial charge in [0.1, 0.15) is 6.61 Å². The molecule has 0 aliphatic carbocycles. The van der Waals surface area contributed by atoms with Crippen LogP contribution in [0, 0.1) is 0 Å². The molecule has 0 bridgehead atoms. The SMILES string of the molecule is N[C@H]1COCC[C@H]1NC(=O)OCc1ccccc1. The lowest BCUT2D eigenvalue weighted by molar-refractivity contribution is 0.0579. The van der Waals surface area contributed by atoms with Crippen LogP contribution in [0.2, 0.25) is 0 Å². The van der Waals surface area contributed by atoms with Gasteiger partial charge in [0.15, 0.2) is 0 Å². The van der Waals surface area contributed by atoms with E-state index in [1.165, 1.54) is 0 Å². The molecule has 1 aliphatic rings. The van der Waals surface area contributed by atoms with Crippen molar-refractivity contribution in [2.75, 3.05) is 13.2 Å². The number of ether oxygens (including phenoxy) is 2. The second kappa shape index (κ2) is 6.37. The van der Waals surface area contributed by atoms with E-state index in [9.17, 15) is 4.79 Å². The van der Waals surface area contributed by atoms with Crippen LogP contribution in [-0.2, 0) is 16.1 Å². The molecule has 2 rings (SSSR count). The van der Waals surface area contributed by atoms with Crippen molar-refractivity contribution in [2.24, 2.45) is 5.73 Å². The third-order valence-corrected chi connectivity index (χ3v) is 2.92. The molecule has 2 atom stereocenters. The highest BCUT2D eigenvalue weighted by atomic mass is 16.5. The summed E-state index contributed by atoms with van der Waals surface area (Å²) < 4.78 is 10.3. The predicted octanol–water partition coefficient (Wildman–Crippen LogP) is 1.03. The molecule has 1 amide bonds. The lowest BCUT2D eigenvalue weighted by atomic mass is 10.1. The van der Waals surface area contributed by atoms with Crippen LogP contribution in [0.5, 0.6) is 0 Å². The van der Waals surface area contributed by atoms with E-state index in [4.69, 9.17) is 15.2 Å². The first-order valence-corrected chi connectivity index (χ1v) is 6.06. The molecule has 1 heterocycles. The minimum atomic E-state index is -0.429. The van der Waals surface area contributed by atoms with E-state index >= 15 is 0 Å². The summed E-state index contributed by atoms with van der Waals surface area (Å²) in [7, 11) is 0. The number of hydrogen-bond acceptors (Lipinski definition) is 4. The number of rotatable bonds is 3. The number of nitrogens with one attached hydrogen (secondary N) is 1. The molecule has 1 aromatic carbocycles. The highest BCUT2D eigenvalue weighted by Gasteiger charge is 2.24. The lowest BCUT2D eigenvalue weighted by Gasteiger charge is -2.28. The van der Waals surface area contributed by atoms with E-state index in [0.29, 0.717) is 13.2 Å². The zero-order chi connectivity index (χ0) is 12.8. The van der Waals surface area contributed by atoms with Crippen molar-refractivity contribution in [3.8, 4) is 0 Å². The molecule has 0 unspecified atom stereocenters. The van der Waals surface area contributed by atoms with E-state index in [-0.39, 0.29) is 18.7 Å². The second-order valence-electron chi connectivity index (χ2n) is 4.34. The standard InChI is InChI=1S/C13H18N2O3/c14-11-9-17-7-6-12(11)15-13(16)18-8-10-4-2-1-3-5-10/h1-5,11-12H,6-9,14H2,(H,15,16)/t11-,12+/m0/s1. The van der Waals surface area contributed by atoms with Crippen molar-refractivity contribution in [1.29, 1.82) is 0 Å². The van der Waals surface area contributed by atoms with Gasteiger partial charge >= 0.3 is 6.09 Å². The summed E-state index contributed by atoms with van der Waals surface area (Å²) in [6.45, 7) is 1.37. The number of alkyl carbamates (subject to hydrolysis) is 1. The van der Waals surface area contributed by atoms with Crippen molar-refractivity contribution >= 4 is 6.09 Å². The molecule has 0 radical (unpaired) electrons. The highest BCUT2D eigenvalue weighted by Crippen LogP contribution is 2.06. The maximum atomic E-state index is 11.6. The molecular formula is C13H18N2O3. The zero-order valence-corrected chi connectivity index (χ0v) is 10.2. The van der Waals surface area contributed by atoms with Gasteiger partial charge in [0.05, 0.1) is 12.6 Å². The summed E-state index contributed by atoms with van der Waals surface area (Å²) in [5.74, 6) is 0. The molecule has 98 valence electrons. The van der Waals surface area contributed by atoms with Crippen LogP contribution in [-0.4, -0.2) is 31.4 Å². The molecule has 0 saturated carbocycles. The average Bonchev–Trinajstić information content (AvgIpc) is 2.40. The normalized spacial score (nSPS) is 23.4. The van der Waals surface area contributed by atoms with Gasteiger partial charge in [-0.1, -0.05) is 30.3 Å². The molecule has 1 aromatic rings. The van der Waals surface area contributed by atoms with Gasteiger partial charge in [-0.05, 0) is 12.0 Å². The Morgan fingerprint density at radius 3 is 2.94 bits per heavy atom. The fourth-order valence-corrected chi connectivity index (χ4v) is 1.86. The quantitative estimate of drug-likeness (QED) is 0.840. The Morgan fingerprint density at radius 2 is 2.22 bits per heavy atom. The summed E-state index contributed by atoms with van der Waals surface area (Å²) in [6, 6.07) is 9.33. The lowest BCUT2D eigenvalue weighted by Crippen LogP contribution is -2.53. The average molecular weight is 250 g/mol. The smallest absolute Gasteiger partial charge is 0.407 e. The zero-order valence-electron chi connectivity index (χ0n) is 10.2. The van der Waals surface area contributed by atoms with Crippen molar-refractivity contribution in [3.63, 3.8) is 0 Å². The predicted molar refractivity (Wildman–Crippen MR) is 67.0 cm³/mol. The van der Waals surface area contributed by atoms with Crippen LogP contribution in [0.4, 0.5) is 4.79 Å². The van der Waals surface area contributed by atoms with Crippen LogP contribution in [0.3, 0.4) is 0 Å². The van der Waals surface area contributed by atoms with Gasteiger partial charge < -0.3 is 20.5 Å². The van der Waals surface area contributed by atoms with Crippen molar-refractivity contribution in [2.45, 2.75) is 25.1 Å². The number of carbonyl (C=O) groups is 1. The second-order valence-corrected chi connectivity index (χ2v) is 4.34. The van der Waals surface area contributed by atoms with Crippen LogP contribution in [0.1, 0.15) is 12.0 Å². The summed E-state index contributed by atoms with van der Waals surface area (Å²) >= 11 is 0. The van der Waals surface area contributed by atoms with Gasteiger partial charge in [-0.3, -0.25) is 0 Å². The minimum Gasteiger partial charge on any atom is -0.445 e. The number of amides is 1. The molecule has 0 aromatic heterocycles. The third kappa shape index (κ3) is 3.72. The fourth-order valence-electron chi connectivity index (χ4n) is 1.86.